The quantitative estimate of drug-likeness (QED) is 0.683. The second-order valence-electron chi connectivity index (χ2n) is 4.78. The van der Waals surface area contributed by atoms with Crippen molar-refractivity contribution in [3.05, 3.63) is 35.4 Å². The van der Waals surface area contributed by atoms with Crippen molar-refractivity contribution in [3.8, 4) is 0 Å². The van der Waals surface area contributed by atoms with Crippen molar-refractivity contribution < 1.29 is 0 Å². The standard InChI is InChI=1S/C14H19Br/c1-11-2-6-13(7-3-11)14-8-4-12(10-15)5-9-14/h2-3,6-7,12,14H,4-5,8-10H2,1H3/t12-,14-. The molecular formula is C14H19Br. The molecule has 0 radical (unpaired) electrons. The zero-order valence-electron chi connectivity index (χ0n) is 9.38. The Morgan fingerprint density at radius 2 is 1.67 bits per heavy atom. The SMILES string of the molecule is Cc1ccc([C@H]2CC[C@H](CBr)CC2)cc1. The predicted molar refractivity (Wildman–Crippen MR) is 69.7 cm³/mol. The highest BCUT2D eigenvalue weighted by molar-refractivity contribution is 9.09. The van der Waals surface area contributed by atoms with E-state index in [2.05, 4.69) is 47.1 Å². The van der Waals surface area contributed by atoms with Crippen LogP contribution in [-0.4, -0.2) is 5.33 Å². The topological polar surface area (TPSA) is 0 Å². The molecule has 0 amide bonds. The minimum atomic E-state index is 0.820. The van der Waals surface area contributed by atoms with Gasteiger partial charge in [0.2, 0.25) is 0 Å². The van der Waals surface area contributed by atoms with E-state index in [1.807, 2.05) is 0 Å². The summed E-state index contributed by atoms with van der Waals surface area (Å²) in [5.41, 5.74) is 2.92. The third-order valence-electron chi connectivity index (χ3n) is 3.61. The van der Waals surface area contributed by atoms with Crippen LogP contribution in [0.2, 0.25) is 0 Å². The van der Waals surface area contributed by atoms with Gasteiger partial charge in [-0.3, -0.25) is 0 Å². The monoisotopic (exact) mass is 266 g/mol. The van der Waals surface area contributed by atoms with Gasteiger partial charge < -0.3 is 0 Å². The highest BCUT2D eigenvalue weighted by Gasteiger charge is 2.21. The van der Waals surface area contributed by atoms with Crippen molar-refractivity contribution in [1.29, 1.82) is 0 Å². The van der Waals surface area contributed by atoms with Gasteiger partial charge in [-0.2, -0.15) is 0 Å². The Kier molecular flexibility index (Phi) is 3.85. The summed E-state index contributed by atoms with van der Waals surface area (Å²) in [6.07, 6.45) is 5.53. The first kappa shape index (κ1) is 11.2. The van der Waals surface area contributed by atoms with Gasteiger partial charge in [0.15, 0.2) is 0 Å². The van der Waals surface area contributed by atoms with E-state index in [0.29, 0.717) is 0 Å². The molecular weight excluding hydrogens is 248 g/mol. The van der Waals surface area contributed by atoms with Crippen LogP contribution in [0.25, 0.3) is 0 Å². The zero-order valence-corrected chi connectivity index (χ0v) is 11.0. The summed E-state index contributed by atoms with van der Waals surface area (Å²) in [4.78, 5) is 0. The van der Waals surface area contributed by atoms with Gasteiger partial charge in [-0.1, -0.05) is 45.8 Å². The summed E-state index contributed by atoms with van der Waals surface area (Å²) in [6.45, 7) is 2.16. The van der Waals surface area contributed by atoms with E-state index in [-0.39, 0.29) is 0 Å². The summed E-state index contributed by atoms with van der Waals surface area (Å²) < 4.78 is 0. The van der Waals surface area contributed by atoms with Crippen LogP contribution in [-0.2, 0) is 0 Å². The second kappa shape index (κ2) is 5.16. The molecule has 0 nitrogen and oxygen atoms in total. The molecule has 0 heterocycles. The predicted octanol–water partition coefficient (Wildman–Crippen LogP) is 4.66. The molecule has 1 saturated carbocycles. The third kappa shape index (κ3) is 2.84. The molecule has 0 bridgehead atoms. The Labute approximate surface area is 101 Å². The highest BCUT2D eigenvalue weighted by Crippen LogP contribution is 2.36. The van der Waals surface area contributed by atoms with E-state index in [1.165, 1.54) is 36.6 Å². The van der Waals surface area contributed by atoms with Crippen molar-refractivity contribution >= 4 is 15.9 Å². The number of hydrogen-bond donors (Lipinski definition) is 0. The van der Waals surface area contributed by atoms with Crippen LogP contribution in [0.3, 0.4) is 0 Å². The lowest BCUT2D eigenvalue weighted by molar-refractivity contribution is 0.354. The lowest BCUT2D eigenvalue weighted by Gasteiger charge is -2.27. The summed E-state index contributed by atoms with van der Waals surface area (Å²) in [6, 6.07) is 9.11. The molecule has 82 valence electrons. The number of hydrogen-bond acceptors (Lipinski definition) is 0. The van der Waals surface area contributed by atoms with E-state index in [4.69, 9.17) is 0 Å². The Bertz CT molecular complexity index is 294. The van der Waals surface area contributed by atoms with Crippen molar-refractivity contribution in [2.75, 3.05) is 5.33 Å². The largest absolute Gasteiger partial charge is 0.0925 e. The first-order chi connectivity index (χ1) is 7.29. The molecule has 1 aliphatic carbocycles. The van der Waals surface area contributed by atoms with Crippen LogP contribution in [0.1, 0.15) is 42.7 Å². The minimum Gasteiger partial charge on any atom is -0.0925 e. The van der Waals surface area contributed by atoms with E-state index in [0.717, 1.165) is 11.8 Å². The Morgan fingerprint density at radius 3 is 2.20 bits per heavy atom. The van der Waals surface area contributed by atoms with Gasteiger partial charge >= 0.3 is 0 Å². The molecule has 0 unspecified atom stereocenters. The van der Waals surface area contributed by atoms with E-state index < -0.39 is 0 Å². The number of benzene rings is 1. The van der Waals surface area contributed by atoms with Gasteiger partial charge in [0.05, 0.1) is 0 Å². The molecule has 15 heavy (non-hydrogen) atoms. The van der Waals surface area contributed by atoms with Crippen molar-refractivity contribution in [3.63, 3.8) is 0 Å². The highest BCUT2D eigenvalue weighted by atomic mass is 79.9. The second-order valence-corrected chi connectivity index (χ2v) is 5.43. The molecule has 1 heteroatoms. The summed E-state index contributed by atoms with van der Waals surface area (Å²) in [5, 5.41) is 1.19. The average molecular weight is 267 g/mol. The maximum absolute atomic E-state index is 3.60. The molecule has 1 aromatic carbocycles. The lowest BCUT2D eigenvalue weighted by atomic mass is 9.79. The maximum Gasteiger partial charge on any atom is 0.00596 e. The molecule has 0 spiro atoms. The first-order valence-electron chi connectivity index (χ1n) is 5.92. The molecule has 1 aliphatic rings. The molecule has 1 fully saturated rings. The van der Waals surface area contributed by atoms with Gasteiger partial charge in [0.1, 0.15) is 0 Å². The molecule has 2 rings (SSSR count). The Hall–Kier alpha value is -0.300. The van der Waals surface area contributed by atoms with Gasteiger partial charge in [0.25, 0.3) is 0 Å². The fraction of sp³-hybridized carbons (Fsp3) is 0.571. The fourth-order valence-electron chi connectivity index (χ4n) is 2.49. The first-order valence-corrected chi connectivity index (χ1v) is 7.04. The van der Waals surface area contributed by atoms with Crippen molar-refractivity contribution in [2.24, 2.45) is 5.92 Å². The molecule has 0 aromatic heterocycles. The summed E-state index contributed by atoms with van der Waals surface area (Å²) in [7, 11) is 0. The van der Waals surface area contributed by atoms with Crippen LogP contribution in [0.15, 0.2) is 24.3 Å². The number of halogens is 1. The van der Waals surface area contributed by atoms with Crippen LogP contribution >= 0.6 is 15.9 Å². The number of alkyl halides is 1. The molecule has 0 saturated heterocycles. The van der Waals surface area contributed by atoms with Crippen LogP contribution < -0.4 is 0 Å². The Balaban J connectivity index is 1.98. The normalized spacial score (nSPS) is 26.5. The maximum atomic E-state index is 3.60. The third-order valence-corrected chi connectivity index (χ3v) is 4.53. The lowest BCUT2D eigenvalue weighted by Crippen LogP contribution is -2.14. The van der Waals surface area contributed by atoms with Gasteiger partial charge in [-0.05, 0) is 50.0 Å². The van der Waals surface area contributed by atoms with Crippen LogP contribution in [0.5, 0.6) is 0 Å². The van der Waals surface area contributed by atoms with Gasteiger partial charge in [-0.15, -0.1) is 0 Å². The Morgan fingerprint density at radius 1 is 1.07 bits per heavy atom. The summed E-state index contributed by atoms with van der Waals surface area (Å²) >= 11 is 3.60. The van der Waals surface area contributed by atoms with E-state index in [9.17, 15) is 0 Å². The molecule has 0 N–H and O–H groups in total. The summed E-state index contributed by atoms with van der Waals surface area (Å²) in [5.74, 6) is 1.74. The van der Waals surface area contributed by atoms with Crippen molar-refractivity contribution in [2.45, 2.75) is 38.5 Å². The van der Waals surface area contributed by atoms with Crippen LogP contribution in [0.4, 0.5) is 0 Å². The zero-order chi connectivity index (χ0) is 10.7. The smallest absolute Gasteiger partial charge is 0.00596 e. The number of aryl methyl sites for hydroxylation is 1. The average Bonchev–Trinajstić information content (AvgIpc) is 2.30. The van der Waals surface area contributed by atoms with Crippen LogP contribution in [0, 0.1) is 12.8 Å². The molecule has 0 atom stereocenters. The number of rotatable bonds is 2. The minimum absolute atomic E-state index is 0.820. The van der Waals surface area contributed by atoms with E-state index in [1.54, 1.807) is 5.56 Å². The van der Waals surface area contributed by atoms with Gasteiger partial charge in [-0.25, -0.2) is 0 Å². The molecule has 0 aliphatic heterocycles. The fourth-order valence-corrected chi connectivity index (χ4v) is 3.14. The van der Waals surface area contributed by atoms with Gasteiger partial charge in [0, 0.05) is 5.33 Å². The molecule has 1 aromatic rings. The van der Waals surface area contributed by atoms with Crippen molar-refractivity contribution in [1.82, 2.24) is 0 Å². The van der Waals surface area contributed by atoms with E-state index >= 15 is 0 Å².